The van der Waals surface area contributed by atoms with E-state index in [0.717, 1.165) is 32.1 Å². The van der Waals surface area contributed by atoms with Crippen molar-refractivity contribution in [3.8, 4) is 0 Å². The van der Waals surface area contributed by atoms with Gasteiger partial charge in [0.05, 0.1) is 19.8 Å². The van der Waals surface area contributed by atoms with Gasteiger partial charge in [0.25, 0.3) is 0 Å². The van der Waals surface area contributed by atoms with Crippen molar-refractivity contribution in [3.05, 3.63) is 0 Å². The number of hydrogen-bond acceptors (Lipinski definition) is 9. The van der Waals surface area contributed by atoms with E-state index >= 15 is 0 Å². The number of carbonyl (C=O) groups excluding carboxylic acids is 2. The Labute approximate surface area is 305 Å². The fourth-order valence-electron chi connectivity index (χ4n) is 5.82. The lowest BCUT2D eigenvalue weighted by Crippen LogP contribution is -2.29. The third-order valence-electron chi connectivity index (χ3n) is 9.01. The maximum atomic E-state index is 12.4. The molecular weight excluding hydrogens is 659 g/mol. The summed E-state index contributed by atoms with van der Waals surface area (Å²) in [6, 6.07) is 0. The van der Waals surface area contributed by atoms with Crippen LogP contribution in [0.5, 0.6) is 0 Å². The molecule has 298 valence electrons. The van der Waals surface area contributed by atoms with E-state index < -0.39 is 51.8 Å². The van der Waals surface area contributed by atoms with E-state index in [2.05, 4.69) is 18.4 Å². The highest BCUT2D eigenvalue weighted by atomic mass is 31.2. The lowest BCUT2D eigenvalue weighted by Gasteiger charge is -2.20. The average molecular weight is 737 g/mol. The normalized spacial score (nSPS) is 13.9. The first kappa shape index (κ1) is 49.0. The van der Waals surface area contributed by atoms with Gasteiger partial charge in [0.2, 0.25) is 0 Å². The lowest BCUT2D eigenvalue weighted by molar-refractivity contribution is -0.161. The van der Waals surface area contributed by atoms with Crippen LogP contribution >= 0.6 is 7.82 Å². The predicted molar refractivity (Wildman–Crippen MR) is 201 cm³/mol. The molecule has 3 N–H and O–H groups in total. The van der Waals surface area contributed by atoms with E-state index in [9.17, 15) is 24.2 Å². The summed E-state index contributed by atoms with van der Waals surface area (Å²) in [4.78, 5) is 34.7. The second-order valence-corrected chi connectivity index (χ2v) is 15.5. The second kappa shape index (κ2) is 36.3. The van der Waals surface area contributed by atoms with Gasteiger partial charge in [-0.2, -0.15) is 0 Å². The van der Waals surface area contributed by atoms with Crippen LogP contribution in [0.2, 0.25) is 0 Å². The van der Waals surface area contributed by atoms with Gasteiger partial charge < -0.3 is 24.6 Å². The zero-order chi connectivity index (χ0) is 37.0. The van der Waals surface area contributed by atoms with Crippen LogP contribution in [0.15, 0.2) is 0 Å². The Morgan fingerprint density at radius 3 is 1.24 bits per heavy atom. The molecule has 0 saturated heterocycles. The molecule has 0 fully saturated rings. The Bertz CT molecular complexity index is 812. The van der Waals surface area contributed by atoms with Gasteiger partial charge in [-0.25, -0.2) is 4.57 Å². The van der Waals surface area contributed by atoms with Gasteiger partial charge >= 0.3 is 19.8 Å². The van der Waals surface area contributed by atoms with Gasteiger partial charge in [0.1, 0.15) is 12.7 Å². The number of phosphoric acid groups is 1. The number of aliphatic hydroxyl groups excluding tert-OH is 2. The van der Waals surface area contributed by atoms with Gasteiger partial charge in [-0.1, -0.05) is 174 Å². The molecular formula is C39H77O10P. The number of rotatable bonds is 39. The standard InChI is InChI=1S/C39H77O10P/c1-3-5-7-9-11-12-13-14-15-16-17-18-19-20-21-22-23-25-26-28-30-38(42)46-34-37(35-48-50(44,45)47-33-36(41)32-40)49-39(43)31-29-27-24-10-8-6-4-2/h36-37,40-41H,3-35H2,1-2H3,(H,44,45)/t36-,37-/m1/s1. The minimum atomic E-state index is -4.60. The summed E-state index contributed by atoms with van der Waals surface area (Å²) in [7, 11) is -4.60. The fraction of sp³-hybridized carbons (Fsp3) is 0.949. The van der Waals surface area contributed by atoms with Crippen LogP contribution in [0.25, 0.3) is 0 Å². The summed E-state index contributed by atoms with van der Waals surface area (Å²) in [5.41, 5.74) is 0. The van der Waals surface area contributed by atoms with Crippen molar-refractivity contribution in [2.24, 2.45) is 0 Å². The van der Waals surface area contributed by atoms with Crippen LogP contribution < -0.4 is 0 Å². The van der Waals surface area contributed by atoms with Crippen molar-refractivity contribution in [3.63, 3.8) is 0 Å². The highest BCUT2D eigenvalue weighted by Gasteiger charge is 2.27. The Balaban J connectivity index is 4.08. The maximum Gasteiger partial charge on any atom is 0.472 e. The molecule has 0 amide bonds. The quantitative estimate of drug-likeness (QED) is 0.0316. The smallest absolute Gasteiger partial charge is 0.462 e. The number of aliphatic hydroxyl groups is 2. The molecule has 0 spiro atoms. The molecule has 0 aromatic carbocycles. The Kier molecular flexibility index (Phi) is 35.6. The van der Waals surface area contributed by atoms with Gasteiger partial charge in [-0.05, 0) is 12.8 Å². The summed E-state index contributed by atoms with van der Waals surface area (Å²) in [6.45, 7) is 2.35. The lowest BCUT2D eigenvalue weighted by atomic mass is 10.0. The molecule has 0 aromatic heterocycles. The van der Waals surface area contributed by atoms with Gasteiger partial charge in [-0.3, -0.25) is 18.6 Å². The fourth-order valence-corrected chi connectivity index (χ4v) is 6.61. The van der Waals surface area contributed by atoms with E-state index in [-0.39, 0.29) is 19.4 Å². The molecule has 10 nitrogen and oxygen atoms in total. The summed E-state index contributed by atoms with van der Waals surface area (Å²) in [5.74, 6) is -0.920. The maximum absolute atomic E-state index is 12.4. The molecule has 0 saturated carbocycles. The first-order valence-corrected chi connectivity index (χ1v) is 22.0. The van der Waals surface area contributed by atoms with Crippen LogP contribution in [-0.2, 0) is 32.7 Å². The molecule has 0 heterocycles. The number of esters is 2. The van der Waals surface area contributed by atoms with E-state index in [0.29, 0.717) is 12.8 Å². The minimum Gasteiger partial charge on any atom is -0.462 e. The Morgan fingerprint density at radius 2 is 0.860 bits per heavy atom. The predicted octanol–water partition coefficient (Wildman–Crippen LogP) is 10.3. The first-order valence-electron chi connectivity index (χ1n) is 20.5. The third-order valence-corrected chi connectivity index (χ3v) is 9.96. The van der Waals surface area contributed by atoms with E-state index in [1.807, 2.05) is 0 Å². The van der Waals surface area contributed by atoms with Crippen molar-refractivity contribution in [1.29, 1.82) is 0 Å². The van der Waals surface area contributed by atoms with E-state index in [1.54, 1.807) is 0 Å². The molecule has 0 aliphatic carbocycles. The summed E-state index contributed by atoms with van der Waals surface area (Å²) >= 11 is 0. The third kappa shape index (κ3) is 35.4. The molecule has 1 unspecified atom stereocenters. The Hall–Kier alpha value is -1.03. The molecule has 0 aliphatic rings. The van der Waals surface area contributed by atoms with Crippen molar-refractivity contribution in [2.75, 3.05) is 26.4 Å². The molecule has 50 heavy (non-hydrogen) atoms. The van der Waals surface area contributed by atoms with Crippen LogP contribution in [-0.4, -0.2) is 65.7 Å². The van der Waals surface area contributed by atoms with Crippen LogP contribution in [0.3, 0.4) is 0 Å². The highest BCUT2D eigenvalue weighted by Crippen LogP contribution is 2.43. The van der Waals surface area contributed by atoms with Crippen LogP contribution in [0.1, 0.15) is 200 Å². The van der Waals surface area contributed by atoms with E-state index in [4.69, 9.17) is 19.1 Å². The molecule has 11 heteroatoms. The van der Waals surface area contributed by atoms with Gasteiger partial charge in [-0.15, -0.1) is 0 Å². The largest absolute Gasteiger partial charge is 0.472 e. The molecule has 0 bridgehead atoms. The number of unbranched alkanes of at least 4 members (excludes halogenated alkanes) is 25. The first-order chi connectivity index (χ1) is 24.2. The molecule has 0 rings (SSSR count). The number of hydrogen-bond donors (Lipinski definition) is 3. The zero-order valence-electron chi connectivity index (χ0n) is 32.1. The van der Waals surface area contributed by atoms with Crippen molar-refractivity contribution < 1.29 is 47.8 Å². The molecule has 0 aromatic rings. The zero-order valence-corrected chi connectivity index (χ0v) is 33.0. The summed E-state index contributed by atoms with van der Waals surface area (Å²) in [5, 5.41) is 18.2. The minimum absolute atomic E-state index is 0.188. The SMILES string of the molecule is CCCCCCCCCCCCCCCCCCCCCCC(=O)OC[C@H](COP(=O)(O)OC[C@H](O)CO)OC(=O)CCCCCCCCC. The van der Waals surface area contributed by atoms with E-state index in [1.165, 1.54) is 128 Å². The summed E-state index contributed by atoms with van der Waals surface area (Å²) in [6.07, 6.45) is 31.1. The summed E-state index contributed by atoms with van der Waals surface area (Å²) < 4.78 is 32.5. The van der Waals surface area contributed by atoms with Crippen molar-refractivity contribution >= 4 is 19.8 Å². The van der Waals surface area contributed by atoms with Crippen LogP contribution in [0.4, 0.5) is 0 Å². The second-order valence-electron chi connectivity index (χ2n) is 14.0. The van der Waals surface area contributed by atoms with Crippen molar-refractivity contribution in [1.82, 2.24) is 0 Å². The number of phosphoric ester groups is 1. The monoisotopic (exact) mass is 737 g/mol. The molecule has 3 atom stereocenters. The number of ether oxygens (including phenoxy) is 2. The topological polar surface area (TPSA) is 149 Å². The van der Waals surface area contributed by atoms with Gasteiger partial charge in [0, 0.05) is 12.8 Å². The van der Waals surface area contributed by atoms with Crippen LogP contribution in [0, 0.1) is 0 Å². The highest BCUT2D eigenvalue weighted by molar-refractivity contribution is 7.47. The number of carbonyl (C=O) groups is 2. The van der Waals surface area contributed by atoms with Gasteiger partial charge in [0.15, 0.2) is 6.10 Å². The van der Waals surface area contributed by atoms with Crippen molar-refractivity contribution in [2.45, 2.75) is 212 Å². The molecule has 0 radical (unpaired) electrons. The Morgan fingerprint density at radius 1 is 0.520 bits per heavy atom. The molecule has 0 aliphatic heterocycles. The average Bonchev–Trinajstić information content (AvgIpc) is 3.10.